The number of carbonyl (C=O) groups excluding carboxylic acids is 1. The summed E-state index contributed by atoms with van der Waals surface area (Å²) < 4.78 is 0. The quantitative estimate of drug-likeness (QED) is 0.563. The van der Waals surface area contributed by atoms with E-state index in [9.17, 15) is 4.79 Å². The van der Waals surface area contributed by atoms with E-state index in [0.717, 1.165) is 19.3 Å². The van der Waals surface area contributed by atoms with Gasteiger partial charge in [-0.1, -0.05) is 56.1 Å². The number of hydrogen-bond acceptors (Lipinski definition) is 1. The zero-order chi connectivity index (χ0) is 19.9. The van der Waals surface area contributed by atoms with Crippen molar-refractivity contribution in [2.24, 2.45) is 28.9 Å². The number of allylic oxidation sites excluding steroid dienone is 6. The third-order valence-corrected chi connectivity index (χ3v) is 8.16. The van der Waals surface area contributed by atoms with Gasteiger partial charge >= 0.3 is 0 Å². The van der Waals surface area contributed by atoms with E-state index in [1.165, 1.54) is 61.7 Å². The van der Waals surface area contributed by atoms with Gasteiger partial charge in [0.2, 0.25) is 5.91 Å². The fourth-order valence-electron chi connectivity index (χ4n) is 6.51. The monoisotopic (exact) mass is 379 g/mol. The van der Waals surface area contributed by atoms with E-state index in [4.69, 9.17) is 5.73 Å². The molecular weight excluding hydrogens is 342 g/mol. The Morgan fingerprint density at radius 3 is 2.29 bits per heavy atom. The van der Waals surface area contributed by atoms with E-state index in [2.05, 4.69) is 39.0 Å². The highest BCUT2D eigenvalue weighted by atomic mass is 16.1. The number of amides is 1. The first-order valence-corrected chi connectivity index (χ1v) is 11.6. The van der Waals surface area contributed by atoms with Crippen molar-refractivity contribution in [2.45, 2.75) is 85.0 Å². The van der Waals surface area contributed by atoms with Crippen molar-refractivity contribution < 1.29 is 4.79 Å². The molecule has 0 bridgehead atoms. The highest BCUT2D eigenvalue weighted by Crippen LogP contribution is 2.57. The maximum absolute atomic E-state index is 13.1. The third kappa shape index (κ3) is 3.13. The number of rotatable bonds is 1. The van der Waals surface area contributed by atoms with Gasteiger partial charge in [-0.15, -0.1) is 0 Å². The van der Waals surface area contributed by atoms with Crippen LogP contribution in [0.1, 0.15) is 85.0 Å². The molecule has 0 saturated heterocycles. The molecule has 0 aliphatic heterocycles. The van der Waals surface area contributed by atoms with Crippen LogP contribution >= 0.6 is 0 Å². The van der Waals surface area contributed by atoms with E-state index < -0.39 is 5.41 Å². The average molecular weight is 380 g/mol. The van der Waals surface area contributed by atoms with E-state index in [0.29, 0.717) is 17.8 Å². The summed E-state index contributed by atoms with van der Waals surface area (Å²) in [4.78, 5) is 13.1. The van der Waals surface area contributed by atoms with E-state index in [-0.39, 0.29) is 5.91 Å². The number of nitrogens with two attached hydrogens (primary N) is 1. The molecule has 2 N–H and O–H groups in total. The van der Waals surface area contributed by atoms with Crippen LogP contribution in [0.25, 0.3) is 0 Å². The Bertz CT molecular complexity index is 780. The number of hydrogen-bond donors (Lipinski definition) is 1. The third-order valence-electron chi connectivity index (χ3n) is 8.16. The largest absolute Gasteiger partial charge is 0.369 e. The summed E-state index contributed by atoms with van der Waals surface area (Å²) in [5.74, 6) is 1.48. The van der Waals surface area contributed by atoms with E-state index in [1.807, 2.05) is 0 Å². The molecule has 4 aliphatic carbocycles. The predicted octanol–water partition coefficient (Wildman–Crippen LogP) is 6.40. The lowest BCUT2D eigenvalue weighted by molar-refractivity contribution is -0.124. The summed E-state index contributed by atoms with van der Waals surface area (Å²) in [5.41, 5.74) is 12.9. The molecule has 0 heterocycles. The van der Waals surface area contributed by atoms with Crippen LogP contribution in [0.2, 0.25) is 0 Å². The molecule has 4 aliphatic rings. The standard InChI is InChI=1S/C26H37NO/c1-17-10-4-7-13-20(17)22-16-19-12-6-9-15-23(19)26(3,25(27)28)24(22)21-14-8-5-11-18(21)2/h6,9,15,17-19H,4-5,7-8,10-14,16H2,1-3H3,(H2,27,28). The lowest BCUT2D eigenvalue weighted by Gasteiger charge is -2.47. The molecule has 0 aromatic heterocycles. The van der Waals surface area contributed by atoms with Gasteiger partial charge in [0, 0.05) is 0 Å². The zero-order valence-corrected chi connectivity index (χ0v) is 18.0. The van der Waals surface area contributed by atoms with Crippen LogP contribution < -0.4 is 5.73 Å². The van der Waals surface area contributed by atoms with Crippen LogP contribution in [0.15, 0.2) is 46.1 Å². The van der Waals surface area contributed by atoms with Crippen molar-refractivity contribution >= 4 is 5.91 Å². The van der Waals surface area contributed by atoms with Crippen molar-refractivity contribution in [2.75, 3.05) is 0 Å². The predicted molar refractivity (Wildman–Crippen MR) is 117 cm³/mol. The Hall–Kier alpha value is -1.57. The summed E-state index contributed by atoms with van der Waals surface area (Å²) in [6.45, 7) is 6.92. The van der Waals surface area contributed by atoms with E-state index >= 15 is 0 Å². The van der Waals surface area contributed by atoms with Crippen molar-refractivity contribution in [3.63, 3.8) is 0 Å². The topological polar surface area (TPSA) is 43.1 Å². The van der Waals surface area contributed by atoms with Crippen LogP contribution in [0.3, 0.4) is 0 Å². The Morgan fingerprint density at radius 2 is 1.68 bits per heavy atom. The molecule has 3 fully saturated rings. The average Bonchev–Trinajstić information content (AvgIpc) is 2.69. The molecule has 4 rings (SSSR count). The number of primary amides is 1. The lowest BCUT2D eigenvalue weighted by Crippen LogP contribution is -2.45. The van der Waals surface area contributed by atoms with Crippen LogP contribution in [0, 0.1) is 23.2 Å². The van der Waals surface area contributed by atoms with Gasteiger partial charge in [-0.3, -0.25) is 4.79 Å². The minimum atomic E-state index is -0.645. The Labute approximate surface area is 171 Å². The summed E-state index contributed by atoms with van der Waals surface area (Å²) in [5, 5.41) is 0. The zero-order valence-electron chi connectivity index (χ0n) is 18.0. The van der Waals surface area contributed by atoms with Gasteiger partial charge in [-0.05, 0) is 92.8 Å². The lowest BCUT2D eigenvalue weighted by atomic mass is 9.56. The molecule has 0 spiro atoms. The van der Waals surface area contributed by atoms with Crippen LogP contribution in [0.5, 0.6) is 0 Å². The second kappa shape index (κ2) is 7.69. The second-order valence-electron chi connectivity index (χ2n) is 9.87. The summed E-state index contributed by atoms with van der Waals surface area (Å²) >= 11 is 0. The van der Waals surface area contributed by atoms with Crippen molar-refractivity contribution in [3.8, 4) is 0 Å². The molecule has 0 radical (unpaired) electrons. The molecule has 2 heteroatoms. The van der Waals surface area contributed by atoms with Gasteiger partial charge in [-0.25, -0.2) is 0 Å². The van der Waals surface area contributed by atoms with Gasteiger partial charge in [0.15, 0.2) is 0 Å². The fourth-order valence-corrected chi connectivity index (χ4v) is 6.51. The first kappa shape index (κ1) is 19.7. The van der Waals surface area contributed by atoms with Gasteiger partial charge in [0.1, 0.15) is 0 Å². The van der Waals surface area contributed by atoms with Crippen molar-refractivity contribution in [1.82, 2.24) is 0 Å². The maximum atomic E-state index is 13.1. The molecule has 3 saturated carbocycles. The fraction of sp³-hybridized carbons (Fsp3) is 0.654. The highest BCUT2D eigenvalue weighted by Gasteiger charge is 2.49. The summed E-state index contributed by atoms with van der Waals surface area (Å²) in [6, 6.07) is 0. The molecule has 1 amide bonds. The Morgan fingerprint density at radius 1 is 1.04 bits per heavy atom. The molecule has 152 valence electrons. The molecule has 4 unspecified atom stereocenters. The minimum absolute atomic E-state index is 0.152. The molecule has 28 heavy (non-hydrogen) atoms. The first-order valence-electron chi connectivity index (χ1n) is 11.6. The molecule has 2 nitrogen and oxygen atoms in total. The highest BCUT2D eigenvalue weighted by molar-refractivity contribution is 5.90. The maximum Gasteiger partial charge on any atom is 0.231 e. The number of carbonyl (C=O) groups is 1. The van der Waals surface area contributed by atoms with Crippen LogP contribution in [-0.2, 0) is 4.79 Å². The van der Waals surface area contributed by atoms with Gasteiger partial charge in [-0.2, -0.15) is 0 Å². The van der Waals surface area contributed by atoms with Gasteiger partial charge < -0.3 is 5.73 Å². The SMILES string of the molecule is CC1CCCCC1=C1CC2CC=CC=C2C(C)(C(N)=O)C1=C1CCCCC1C. The Balaban J connectivity index is 1.99. The Kier molecular flexibility index (Phi) is 5.42. The van der Waals surface area contributed by atoms with Crippen LogP contribution in [-0.4, -0.2) is 5.91 Å². The second-order valence-corrected chi connectivity index (χ2v) is 9.87. The normalized spacial score (nSPS) is 41.4. The molecular formula is C26H37NO. The molecule has 0 aromatic rings. The minimum Gasteiger partial charge on any atom is -0.369 e. The van der Waals surface area contributed by atoms with Crippen LogP contribution in [0.4, 0.5) is 0 Å². The summed E-state index contributed by atoms with van der Waals surface area (Å²) in [7, 11) is 0. The molecule has 4 atom stereocenters. The van der Waals surface area contributed by atoms with Crippen molar-refractivity contribution in [3.05, 3.63) is 46.1 Å². The molecule has 0 aromatic carbocycles. The summed E-state index contributed by atoms with van der Waals surface area (Å²) in [6.07, 6.45) is 18.8. The van der Waals surface area contributed by atoms with Gasteiger partial charge in [0.05, 0.1) is 5.41 Å². The van der Waals surface area contributed by atoms with Crippen molar-refractivity contribution in [1.29, 1.82) is 0 Å². The first-order chi connectivity index (χ1) is 13.4. The van der Waals surface area contributed by atoms with E-state index in [1.54, 1.807) is 11.1 Å². The van der Waals surface area contributed by atoms with Gasteiger partial charge in [0.25, 0.3) is 0 Å². The smallest absolute Gasteiger partial charge is 0.231 e. The number of fused-ring (bicyclic) bond motifs is 1.